The number of aliphatic hydroxyl groups is 5. The number of hydrogen-bond donors (Lipinski definition) is 5. The van der Waals surface area contributed by atoms with Crippen LogP contribution in [0.2, 0.25) is 0 Å². The van der Waals surface area contributed by atoms with E-state index in [9.17, 15) is 49.5 Å². The Kier molecular flexibility index (Phi) is 15.7. The van der Waals surface area contributed by atoms with Crippen molar-refractivity contribution in [2.75, 3.05) is 20.3 Å². The number of esters is 4. The van der Waals surface area contributed by atoms with Crippen molar-refractivity contribution in [2.24, 2.45) is 16.7 Å². The fraction of sp³-hybridized carbons (Fsp3) is 0.615. The van der Waals surface area contributed by atoms with Crippen LogP contribution in [-0.4, -0.2) is 159 Å². The number of hydrogen-bond acceptors (Lipinski definition) is 18. The lowest BCUT2D eigenvalue weighted by Crippen LogP contribution is -2.82. The lowest BCUT2D eigenvalue weighted by atomic mass is 9.44. The SMILES string of the molecule is CCCCCC(=O)N(C)[C@@H](c1ccccc1)[C@@H](O)C(=O)O[C@H]1C[C@@]2(O)[C@@H](OC(=O)c3ccccc3)[C@@H]3[C@]4(OC(C)=O)CO[C@@H]4C[C@H](O[C@@H]4OC[C@@H](O)[C@H](O)[C@H]4O)[C@@]3(C)C(=O)[C@H](OC(C)=O)C(=C1C)C2(C)C. The third-order valence-corrected chi connectivity index (χ3v) is 15.6. The van der Waals surface area contributed by atoms with E-state index in [0.717, 1.165) is 26.7 Å². The topological polar surface area (TPSA) is 271 Å². The zero-order valence-corrected chi connectivity index (χ0v) is 41.3. The first kappa shape index (κ1) is 53.7. The van der Waals surface area contributed by atoms with Gasteiger partial charge in [-0.05, 0) is 49.1 Å². The Morgan fingerprint density at radius 1 is 0.873 bits per heavy atom. The minimum Gasteiger partial charge on any atom is -0.456 e. The van der Waals surface area contributed by atoms with Gasteiger partial charge in [0.2, 0.25) is 5.91 Å². The number of ether oxygens (including phenoxy) is 7. The van der Waals surface area contributed by atoms with Crippen molar-refractivity contribution in [1.29, 1.82) is 0 Å². The molecule has 71 heavy (non-hydrogen) atoms. The van der Waals surface area contributed by atoms with Crippen LogP contribution in [0.3, 0.4) is 0 Å². The summed E-state index contributed by atoms with van der Waals surface area (Å²) in [5, 5.41) is 58.3. The van der Waals surface area contributed by atoms with Gasteiger partial charge in [0.05, 0.1) is 42.3 Å². The molecular formula is C52H67NO18. The van der Waals surface area contributed by atoms with Gasteiger partial charge in [-0.25, -0.2) is 9.59 Å². The predicted octanol–water partition coefficient (Wildman–Crippen LogP) is 2.81. The molecule has 15 atom stereocenters. The number of nitrogens with zero attached hydrogens (tertiary/aromatic N) is 1. The van der Waals surface area contributed by atoms with E-state index in [1.54, 1.807) is 62.4 Å². The van der Waals surface area contributed by atoms with E-state index in [1.165, 1.54) is 37.9 Å². The van der Waals surface area contributed by atoms with Crippen molar-refractivity contribution in [3.05, 3.63) is 82.9 Å². The summed E-state index contributed by atoms with van der Waals surface area (Å²) in [6.45, 7) is 9.32. The monoisotopic (exact) mass is 993 g/mol. The normalized spacial score (nSPS) is 34.9. The predicted molar refractivity (Wildman–Crippen MR) is 247 cm³/mol. The molecule has 2 bridgehead atoms. The molecular weight excluding hydrogens is 927 g/mol. The van der Waals surface area contributed by atoms with Crippen LogP contribution in [0.4, 0.5) is 0 Å². The highest BCUT2D eigenvalue weighted by Crippen LogP contribution is 2.65. The Labute approximate surface area is 412 Å². The molecule has 5 aliphatic rings. The van der Waals surface area contributed by atoms with Crippen molar-refractivity contribution < 1.29 is 87.5 Å². The van der Waals surface area contributed by atoms with Crippen molar-refractivity contribution in [2.45, 2.75) is 165 Å². The van der Waals surface area contributed by atoms with E-state index in [1.807, 2.05) is 6.92 Å². The van der Waals surface area contributed by atoms with Gasteiger partial charge in [-0.15, -0.1) is 0 Å². The molecule has 5 N–H and O–H groups in total. The number of likely N-dealkylation sites (N-methyl/N-ethyl adjacent to an activating group) is 1. The quantitative estimate of drug-likeness (QED) is 0.0743. The second-order valence-electron chi connectivity index (χ2n) is 20.3. The smallest absolute Gasteiger partial charge is 0.338 e. The lowest BCUT2D eigenvalue weighted by Gasteiger charge is -2.68. The second-order valence-corrected chi connectivity index (χ2v) is 20.3. The Morgan fingerprint density at radius 3 is 2.11 bits per heavy atom. The first-order valence-electron chi connectivity index (χ1n) is 24.2. The fourth-order valence-electron chi connectivity index (χ4n) is 11.7. The zero-order valence-electron chi connectivity index (χ0n) is 41.3. The number of rotatable bonds is 15. The fourth-order valence-corrected chi connectivity index (χ4v) is 11.7. The van der Waals surface area contributed by atoms with Gasteiger partial charge in [0.25, 0.3) is 0 Å². The summed E-state index contributed by atoms with van der Waals surface area (Å²) >= 11 is 0. The summed E-state index contributed by atoms with van der Waals surface area (Å²) < 4.78 is 43.2. The van der Waals surface area contributed by atoms with Crippen LogP contribution in [0.1, 0.15) is 109 Å². The van der Waals surface area contributed by atoms with Gasteiger partial charge in [-0.2, -0.15) is 0 Å². The Bertz CT molecular complexity index is 2360. The summed E-state index contributed by atoms with van der Waals surface area (Å²) in [7, 11) is 1.47. The van der Waals surface area contributed by atoms with E-state index < -0.39 is 145 Å². The molecule has 0 spiro atoms. The van der Waals surface area contributed by atoms with Gasteiger partial charge in [-0.1, -0.05) is 82.1 Å². The number of benzene rings is 2. The number of carbonyl (C=O) groups excluding carboxylic acids is 6. The highest BCUT2D eigenvalue weighted by molar-refractivity contribution is 5.95. The Balaban J connectivity index is 1.43. The minimum atomic E-state index is -2.49. The summed E-state index contributed by atoms with van der Waals surface area (Å²) in [6, 6.07) is 14.9. The molecule has 388 valence electrons. The molecule has 19 nitrogen and oxygen atoms in total. The Morgan fingerprint density at radius 2 is 1.52 bits per heavy atom. The van der Waals surface area contributed by atoms with E-state index in [-0.39, 0.29) is 35.5 Å². The lowest BCUT2D eigenvalue weighted by molar-refractivity contribution is -0.366. The summed E-state index contributed by atoms with van der Waals surface area (Å²) in [5.41, 5.74) is -7.80. The third-order valence-electron chi connectivity index (χ3n) is 15.6. The van der Waals surface area contributed by atoms with Crippen molar-refractivity contribution in [3.63, 3.8) is 0 Å². The number of amides is 1. The van der Waals surface area contributed by atoms with Crippen LogP contribution in [0, 0.1) is 16.7 Å². The van der Waals surface area contributed by atoms with Crippen LogP contribution >= 0.6 is 0 Å². The number of unbranched alkanes of at least 4 members (excludes halogenated alkanes) is 2. The molecule has 4 fully saturated rings. The third kappa shape index (κ3) is 9.55. The number of ketones is 1. The molecule has 7 rings (SSSR count). The van der Waals surface area contributed by atoms with Gasteiger partial charge in [0.1, 0.15) is 42.2 Å². The van der Waals surface area contributed by atoms with Crippen LogP contribution in [0.5, 0.6) is 0 Å². The number of aliphatic hydroxyl groups excluding tert-OH is 4. The number of fused-ring (bicyclic) bond motifs is 5. The molecule has 2 aromatic rings. The van der Waals surface area contributed by atoms with Crippen molar-refractivity contribution in [3.8, 4) is 0 Å². The van der Waals surface area contributed by atoms with Crippen LogP contribution < -0.4 is 0 Å². The molecule has 2 heterocycles. The average Bonchev–Trinajstić information content (AvgIpc) is 3.32. The highest BCUT2D eigenvalue weighted by Gasteiger charge is 2.79. The molecule has 0 aromatic heterocycles. The Hall–Kier alpha value is -5.12. The molecule has 19 heteroatoms. The molecule has 3 aliphatic carbocycles. The van der Waals surface area contributed by atoms with E-state index in [2.05, 4.69) is 0 Å². The summed E-state index contributed by atoms with van der Waals surface area (Å²) in [6.07, 6.45) is -15.4. The largest absolute Gasteiger partial charge is 0.456 e. The number of carbonyl (C=O) groups is 6. The van der Waals surface area contributed by atoms with Gasteiger partial charge >= 0.3 is 23.9 Å². The standard InChI is InChI=1S/C52H67NO18/c1-9-10-13-22-36(57)53(8)38(30-18-14-11-15-19-30)40(59)47(63)68-33-24-52(64)45(70-46(62)31-20-16-12-17-21-31)43-50(7,44(61)42(67-28(3)54)37(27(33)2)49(52,5)6)34(23-35-51(43,26-66-35)71-29(4)55)69-48-41(60)39(58)32(56)25-65-48/h11-12,14-21,32-35,38-43,45,48,56,58-60,64H,9-10,13,22-26H2,1-8H3/t32-,33+,34+,35-,38+,39+,40-,41-,42-,43+,45+,48+,50-,51+,52-/m1/s1. The highest BCUT2D eigenvalue weighted by atomic mass is 16.7. The van der Waals surface area contributed by atoms with E-state index in [0.29, 0.717) is 12.0 Å². The molecule has 1 amide bonds. The first-order chi connectivity index (χ1) is 33.5. The molecule has 0 unspecified atom stereocenters. The maximum absolute atomic E-state index is 16.2. The molecule has 2 aromatic carbocycles. The first-order valence-corrected chi connectivity index (χ1v) is 24.2. The van der Waals surface area contributed by atoms with Gasteiger partial charge in [-0.3, -0.25) is 19.2 Å². The van der Waals surface area contributed by atoms with Gasteiger partial charge in [0, 0.05) is 45.6 Å². The van der Waals surface area contributed by atoms with E-state index >= 15 is 4.79 Å². The van der Waals surface area contributed by atoms with Crippen molar-refractivity contribution >= 4 is 35.6 Å². The maximum Gasteiger partial charge on any atom is 0.338 e. The maximum atomic E-state index is 16.2. The van der Waals surface area contributed by atoms with Crippen LogP contribution in [0.25, 0.3) is 0 Å². The molecule has 2 saturated heterocycles. The number of Topliss-reactive ketones (excluding diaryl/α,β-unsaturated/α-hetero) is 1. The van der Waals surface area contributed by atoms with E-state index in [4.69, 9.17) is 33.2 Å². The zero-order chi connectivity index (χ0) is 52.0. The minimum absolute atomic E-state index is 0.0220. The molecule has 2 aliphatic heterocycles. The summed E-state index contributed by atoms with van der Waals surface area (Å²) in [4.78, 5) is 87.0. The van der Waals surface area contributed by atoms with Crippen molar-refractivity contribution in [1.82, 2.24) is 4.90 Å². The van der Waals surface area contributed by atoms with Gasteiger partial charge < -0.3 is 63.6 Å². The van der Waals surface area contributed by atoms with Crippen LogP contribution in [0.15, 0.2) is 71.8 Å². The van der Waals surface area contributed by atoms with Gasteiger partial charge in [0.15, 0.2) is 29.9 Å². The van der Waals surface area contributed by atoms with Crippen LogP contribution in [-0.2, 0) is 57.1 Å². The molecule has 2 saturated carbocycles. The second kappa shape index (κ2) is 20.8. The average molecular weight is 994 g/mol. The molecule has 0 radical (unpaired) electrons. The summed E-state index contributed by atoms with van der Waals surface area (Å²) in [5.74, 6) is -6.91.